The average Bonchev–Trinajstić information content (AvgIpc) is 2.80. The molecule has 0 aromatic heterocycles. The van der Waals surface area contributed by atoms with E-state index in [1.165, 1.54) is 21.5 Å². The molecule has 0 heterocycles. The molecule has 33 heavy (non-hydrogen) atoms. The molecule has 0 radical (unpaired) electrons. The fourth-order valence-corrected chi connectivity index (χ4v) is 3.76. The summed E-state index contributed by atoms with van der Waals surface area (Å²) in [5, 5.41) is 29.4. The van der Waals surface area contributed by atoms with Gasteiger partial charge in [-0.1, -0.05) is 85.5 Å². The zero-order valence-corrected chi connectivity index (χ0v) is 19.9. The van der Waals surface area contributed by atoms with Crippen LogP contribution in [0, 0.1) is 0 Å². The zero-order chi connectivity index (χ0) is 23.5. The Labute approximate surface area is 200 Å². The van der Waals surface area contributed by atoms with E-state index in [0.29, 0.717) is 25.2 Å². The number of carbonyl (C=O) groups excluding carboxylic acids is 1. The van der Waals surface area contributed by atoms with Crippen molar-refractivity contribution in [3.63, 3.8) is 0 Å². The van der Waals surface area contributed by atoms with Crippen LogP contribution in [-0.4, -0.2) is 41.2 Å². The van der Waals surface area contributed by atoms with Crippen LogP contribution in [-0.2, 0) is 38.7 Å². The van der Waals surface area contributed by atoms with Crippen molar-refractivity contribution < 1.29 is 58.7 Å². The second-order valence-electron chi connectivity index (χ2n) is 6.01. The van der Waals surface area contributed by atoms with E-state index in [2.05, 4.69) is 48.5 Å². The normalized spacial score (nSPS) is 9.21. The van der Waals surface area contributed by atoms with Gasteiger partial charge in [0.15, 0.2) is 6.47 Å². The monoisotopic (exact) mass is 494 g/mol. The molecule has 0 amide bonds. The smallest absolute Gasteiger partial charge is 0.170 e. The van der Waals surface area contributed by atoms with Crippen LogP contribution in [0.25, 0.3) is 43.1 Å². The van der Waals surface area contributed by atoms with Gasteiger partial charge in [0, 0.05) is 19.5 Å². The third kappa shape index (κ3) is 5.58. The van der Waals surface area contributed by atoms with Gasteiger partial charge in [0.05, 0.1) is 0 Å². The van der Waals surface area contributed by atoms with Gasteiger partial charge in [-0.15, -0.1) is 6.07 Å². The van der Waals surface area contributed by atoms with Crippen LogP contribution in [0.5, 0.6) is 5.75 Å². The molecule has 5 aromatic carbocycles. The largest absolute Gasteiger partial charge is 0.665 e. The molecule has 0 atom stereocenters. The van der Waals surface area contributed by atoms with Gasteiger partial charge in [0.1, 0.15) is 0 Å². The molecule has 3 N–H and O–H groups in total. The molecule has 9 heteroatoms. The Balaban J connectivity index is 0.000000478. The van der Waals surface area contributed by atoms with Crippen LogP contribution >= 0.6 is 0 Å². The van der Waals surface area contributed by atoms with Gasteiger partial charge < -0.3 is 39.2 Å². The van der Waals surface area contributed by atoms with Crippen LogP contribution < -0.4 is 4.74 Å². The first kappa shape index (κ1) is 26.9. The molecule has 8 nitrogen and oxygen atoms in total. The molecule has 0 saturated heterocycles. The molecule has 164 valence electrons. The summed E-state index contributed by atoms with van der Waals surface area (Å²) in [5.41, 5.74) is 0. The summed E-state index contributed by atoms with van der Waals surface area (Å²) < 4.78 is 5.17. The molecule has 0 fully saturated rings. The van der Waals surface area contributed by atoms with Crippen molar-refractivity contribution in [2.75, 3.05) is 0 Å². The maximum atomic E-state index is 10.8. The number of ether oxygens (including phenoxy) is 1. The minimum atomic E-state index is 0. The van der Waals surface area contributed by atoms with Gasteiger partial charge in [-0.05, 0) is 43.5 Å². The zero-order valence-electron chi connectivity index (χ0n) is 16.9. The summed E-state index contributed by atoms with van der Waals surface area (Å²) in [6.07, 6.45) is 0. The standard InChI is InChI=1S/C21H11O2.3CHO2.Zn/c22-12-23-18-11-10-14-6-2-8-16-15-7-1-4-13-5-3-9-17(19(13)15)21(18)20(14)16;3*2-1-3;/h1-11H;3*(H,2,3);/q4*-1;. The maximum absolute atomic E-state index is 10.8. The first-order chi connectivity index (χ1) is 15.6. The minimum absolute atomic E-state index is 0. The van der Waals surface area contributed by atoms with Crippen LogP contribution in [0.2, 0.25) is 0 Å². The summed E-state index contributed by atoms with van der Waals surface area (Å²) in [4.78, 5) is 35.5. The SMILES string of the molecule is O=[C-]O.O=[C-]O.O=[C-]O.O=[C-]Oc1ccc2cccc3c4cccc5cccc(c1c23)c54.[Zn]. The van der Waals surface area contributed by atoms with Crippen molar-refractivity contribution in [1.82, 2.24) is 0 Å². The van der Waals surface area contributed by atoms with E-state index in [1.807, 2.05) is 18.2 Å². The fraction of sp³-hybridized carbons (Fsp3) is 0. The van der Waals surface area contributed by atoms with E-state index < -0.39 is 0 Å². The van der Waals surface area contributed by atoms with Crippen molar-refractivity contribution in [1.29, 1.82) is 0 Å². The van der Waals surface area contributed by atoms with Crippen LogP contribution in [0.15, 0.2) is 66.7 Å². The first-order valence-electron chi connectivity index (χ1n) is 8.79. The van der Waals surface area contributed by atoms with Gasteiger partial charge in [0.25, 0.3) is 0 Å². The topological polar surface area (TPSA) is 138 Å². The minimum Gasteiger partial charge on any atom is -0.665 e. The number of hydrogen-bond acceptors (Lipinski definition) is 5. The first-order valence-corrected chi connectivity index (χ1v) is 8.79. The third-order valence-corrected chi connectivity index (χ3v) is 4.62. The van der Waals surface area contributed by atoms with E-state index >= 15 is 0 Å². The number of aliphatic hydroxyl groups excluding tert-OH is 3. The summed E-state index contributed by atoms with van der Waals surface area (Å²) in [6, 6.07) is 22.7. The second kappa shape index (κ2) is 13.3. The van der Waals surface area contributed by atoms with Crippen molar-refractivity contribution >= 4 is 69.0 Å². The van der Waals surface area contributed by atoms with Crippen molar-refractivity contribution in [3.05, 3.63) is 66.7 Å². The number of benzene rings is 5. The van der Waals surface area contributed by atoms with E-state index in [4.69, 9.17) is 34.4 Å². The van der Waals surface area contributed by atoms with Crippen molar-refractivity contribution in [2.24, 2.45) is 0 Å². The molecule has 0 spiro atoms. The fourth-order valence-electron chi connectivity index (χ4n) is 3.76. The Bertz CT molecular complexity index is 1350. The summed E-state index contributed by atoms with van der Waals surface area (Å²) >= 11 is 0. The molecule has 0 aliphatic heterocycles. The van der Waals surface area contributed by atoms with E-state index in [1.54, 1.807) is 6.47 Å². The predicted octanol–water partition coefficient (Wildman–Crippen LogP) is 4.02. The number of fused-ring (bicyclic) bond motifs is 2. The molecular weight excluding hydrogens is 482 g/mol. The molecule has 0 aliphatic carbocycles. The quantitative estimate of drug-likeness (QED) is 0.144. The van der Waals surface area contributed by atoms with Crippen LogP contribution in [0.1, 0.15) is 0 Å². The average molecular weight is 496 g/mol. The van der Waals surface area contributed by atoms with Gasteiger partial charge in [-0.2, -0.15) is 0 Å². The summed E-state index contributed by atoms with van der Waals surface area (Å²) in [6.45, 7) is 3.07. The molecular formula is C24H14O8Zn-4. The number of hydrogen-bond donors (Lipinski definition) is 3. The number of rotatable bonds is 2. The molecule has 0 saturated carbocycles. The molecule has 0 bridgehead atoms. The Hall–Kier alpha value is -4.10. The Kier molecular flexibility index (Phi) is 10.9. The van der Waals surface area contributed by atoms with Crippen molar-refractivity contribution in [3.8, 4) is 5.75 Å². The molecule has 5 aromatic rings. The molecule has 0 aliphatic rings. The van der Waals surface area contributed by atoms with E-state index in [9.17, 15) is 4.79 Å². The van der Waals surface area contributed by atoms with Crippen LogP contribution in [0.3, 0.4) is 0 Å². The third-order valence-electron chi connectivity index (χ3n) is 4.62. The Morgan fingerprint density at radius 3 is 1.45 bits per heavy atom. The van der Waals surface area contributed by atoms with Gasteiger partial charge in [-0.3, -0.25) is 0 Å². The van der Waals surface area contributed by atoms with Gasteiger partial charge in [0.2, 0.25) is 0 Å². The predicted molar refractivity (Wildman–Crippen MR) is 119 cm³/mol. The summed E-state index contributed by atoms with van der Waals surface area (Å²) in [7, 11) is 0. The van der Waals surface area contributed by atoms with E-state index in [0.717, 1.165) is 21.5 Å². The van der Waals surface area contributed by atoms with E-state index in [-0.39, 0.29) is 19.5 Å². The maximum Gasteiger partial charge on any atom is 0.170 e. The van der Waals surface area contributed by atoms with Crippen LogP contribution in [0.4, 0.5) is 0 Å². The molecule has 5 rings (SSSR count). The summed E-state index contributed by atoms with van der Waals surface area (Å²) in [5.74, 6) is 0.557. The Morgan fingerprint density at radius 2 is 0.970 bits per heavy atom. The Morgan fingerprint density at radius 1 is 0.545 bits per heavy atom. The van der Waals surface area contributed by atoms with Crippen molar-refractivity contribution in [2.45, 2.75) is 0 Å². The molecule has 0 unspecified atom stereocenters. The second-order valence-corrected chi connectivity index (χ2v) is 6.01. The van der Waals surface area contributed by atoms with Gasteiger partial charge >= 0.3 is 0 Å². The van der Waals surface area contributed by atoms with Gasteiger partial charge in [-0.25, -0.2) is 0 Å².